The highest BCUT2D eigenvalue weighted by molar-refractivity contribution is 5.98. The number of benzene rings is 8. The molecule has 8 aromatic carbocycles. The third kappa shape index (κ3) is 6.93. The minimum atomic E-state index is 0.818. The lowest BCUT2D eigenvalue weighted by atomic mass is 9.90. The Labute approximate surface area is 332 Å². The van der Waals surface area contributed by atoms with Gasteiger partial charge in [0, 0.05) is 18.0 Å². The number of rotatable bonds is 8. The molecule has 2 aromatic heterocycles. The molecular formula is C53H36N4. The second kappa shape index (κ2) is 14.9. The summed E-state index contributed by atoms with van der Waals surface area (Å²) in [5.74, 6) is 0. The Morgan fingerprint density at radius 3 is 1.11 bits per heavy atom. The van der Waals surface area contributed by atoms with Crippen molar-refractivity contribution in [2.75, 3.05) is 0 Å². The Bertz CT molecular complexity index is 2840. The monoisotopic (exact) mass is 728 g/mol. The molecule has 268 valence electrons. The minimum absolute atomic E-state index is 0.818. The standard InChI is InChI=1S/C53H36N4/c1-5-13-37(14-6-1)43-29-44(38-15-7-2-8-16-38)32-47(31-43)48-35-51(49-33-45(39-17-9-3-10-18-39)30-46(34-49)40-19-11-4-12-20-40)53-52(36-48)55-57(56-53)50-23-21-41(22-24-50)42-25-27-54-28-26-42/h1-36H. The largest absolute Gasteiger partial charge is 0.265 e. The fourth-order valence-corrected chi connectivity index (χ4v) is 7.62. The highest BCUT2D eigenvalue weighted by Crippen LogP contribution is 2.40. The number of hydrogen-bond acceptors (Lipinski definition) is 3. The lowest BCUT2D eigenvalue weighted by Gasteiger charge is -2.14. The van der Waals surface area contributed by atoms with Crippen LogP contribution in [0.1, 0.15) is 0 Å². The molecule has 0 aliphatic carbocycles. The summed E-state index contributed by atoms with van der Waals surface area (Å²) >= 11 is 0. The minimum Gasteiger partial charge on any atom is -0.265 e. The number of aromatic nitrogens is 4. The number of pyridine rings is 1. The van der Waals surface area contributed by atoms with Gasteiger partial charge in [0.25, 0.3) is 0 Å². The van der Waals surface area contributed by atoms with Crippen molar-refractivity contribution >= 4 is 11.0 Å². The molecule has 0 amide bonds. The summed E-state index contributed by atoms with van der Waals surface area (Å²) in [6, 6.07) is 73.1. The molecule has 0 atom stereocenters. The van der Waals surface area contributed by atoms with E-state index in [-0.39, 0.29) is 0 Å². The van der Waals surface area contributed by atoms with Gasteiger partial charge in [0.15, 0.2) is 0 Å². The molecule has 10 rings (SSSR count). The summed E-state index contributed by atoms with van der Waals surface area (Å²) < 4.78 is 0. The second-order valence-electron chi connectivity index (χ2n) is 14.2. The van der Waals surface area contributed by atoms with Gasteiger partial charge in [-0.05, 0) is 145 Å². The lowest BCUT2D eigenvalue weighted by Crippen LogP contribution is -1.98. The van der Waals surface area contributed by atoms with Crippen LogP contribution in [0.5, 0.6) is 0 Å². The Morgan fingerprint density at radius 2 is 0.649 bits per heavy atom. The number of fused-ring (bicyclic) bond motifs is 1. The first-order valence-corrected chi connectivity index (χ1v) is 19.2. The molecule has 0 bridgehead atoms. The molecule has 0 saturated heterocycles. The molecule has 0 spiro atoms. The Kier molecular flexibility index (Phi) is 8.82. The topological polar surface area (TPSA) is 43.6 Å². The second-order valence-corrected chi connectivity index (χ2v) is 14.2. The van der Waals surface area contributed by atoms with Crippen molar-refractivity contribution < 1.29 is 0 Å². The van der Waals surface area contributed by atoms with Crippen LogP contribution in [-0.2, 0) is 0 Å². The van der Waals surface area contributed by atoms with Crippen LogP contribution in [0.4, 0.5) is 0 Å². The van der Waals surface area contributed by atoms with Crippen LogP contribution in [0.25, 0.3) is 94.6 Å². The molecule has 0 radical (unpaired) electrons. The summed E-state index contributed by atoms with van der Waals surface area (Å²) in [7, 11) is 0. The van der Waals surface area contributed by atoms with Gasteiger partial charge in [0.1, 0.15) is 11.0 Å². The zero-order valence-electron chi connectivity index (χ0n) is 31.1. The molecule has 4 heteroatoms. The van der Waals surface area contributed by atoms with E-state index in [1.165, 1.54) is 11.1 Å². The third-order valence-electron chi connectivity index (χ3n) is 10.5. The van der Waals surface area contributed by atoms with Gasteiger partial charge in [0.2, 0.25) is 0 Å². The van der Waals surface area contributed by atoms with Crippen LogP contribution in [0.2, 0.25) is 0 Å². The summed E-state index contributed by atoms with van der Waals surface area (Å²) in [5, 5.41) is 10.4. The maximum absolute atomic E-state index is 5.23. The molecule has 57 heavy (non-hydrogen) atoms. The van der Waals surface area contributed by atoms with Gasteiger partial charge in [-0.2, -0.15) is 4.80 Å². The van der Waals surface area contributed by atoms with Crippen LogP contribution in [0, 0.1) is 0 Å². The van der Waals surface area contributed by atoms with Gasteiger partial charge in [0.05, 0.1) is 5.69 Å². The van der Waals surface area contributed by atoms with E-state index in [1.807, 2.05) is 24.5 Å². The zero-order valence-corrected chi connectivity index (χ0v) is 31.1. The van der Waals surface area contributed by atoms with E-state index in [9.17, 15) is 0 Å². The first-order chi connectivity index (χ1) is 28.2. The van der Waals surface area contributed by atoms with Crippen LogP contribution >= 0.6 is 0 Å². The lowest BCUT2D eigenvalue weighted by molar-refractivity contribution is 0.766. The van der Waals surface area contributed by atoms with Crippen molar-refractivity contribution in [2.24, 2.45) is 0 Å². The van der Waals surface area contributed by atoms with E-state index < -0.39 is 0 Å². The van der Waals surface area contributed by atoms with Gasteiger partial charge in [-0.15, -0.1) is 10.2 Å². The highest BCUT2D eigenvalue weighted by Gasteiger charge is 2.18. The molecule has 4 nitrogen and oxygen atoms in total. The quantitative estimate of drug-likeness (QED) is 0.156. The Balaban J connectivity index is 1.20. The predicted molar refractivity (Wildman–Crippen MR) is 235 cm³/mol. The summed E-state index contributed by atoms with van der Waals surface area (Å²) in [6.07, 6.45) is 3.64. The smallest absolute Gasteiger partial charge is 0.121 e. The number of nitrogens with zero attached hydrogens (tertiary/aromatic N) is 4. The number of hydrogen-bond donors (Lipinski definition) is 0. The molecule has 0 saturated carbocycles. The fraction of sp³-hybridized carbons (Fsp3) is 0. The van der Waals surface area contributed by atoms with Crippen molar-refractivity contribution in [1.29, 1.82) is 0 Å². The molecule has 0 aliphatic heterocycles. The van der Waals surface area contributed by atoms with E-state index in [2.05, 4.69) is 199 Å². The average Bonchev–Trinajstić information content (AvgIpc) is 3.74. The van der Waals surface area contributed by atoms with Gasteiger partial charge < -0.3 is 0 Å². The van der Waals surface area contributed by atoms with Gasteiger partial charge in [-0.3, -0.25) is 4.98 Å². The Morgan fingerprint density at radius 1 is 0.281 bits per heavy atom. The summed E-state index contributed by atoms with van der Waals surface area (Å²) in [6.45, 7) is 0. The van der Waals surface area contributed by atoms with Crippen molar-refractivity contribution in [3.8, 4) is 83.6 Å². The third-order valence-corrected chi connectivity index (χ3v) is 10.5. The molecule has 0 unspecified atom stereocenters. The zero-order chi connectivity index (χ0) is 38.0. The summed E-state index contributed by atoms with van der Waals surface area (Å²) in [5.41, 5.74) is 18.3. The van der Waals surface area contributed by atoms with Crippen LogP contribution < -0.4 is 0 Å². The van der Waals surface area contributed by atoms with Crippen molar-refractivity contribution in [3.63, 3.8) is 0 Å². The van der Waals surface area contributed by atoms with E-state index in [4.69, 9.17) is 10.2 Å². The maximum atomic E-state index is 5.23. The maximum Gasteiger partial charge on any atom is 0.121 e. The molecular weight excluding hydrogens is 693 g/mol. The first-order valence-electron chi connectivity index (χ1n) is 19.2. The van der Waals surface area contributed by atoms with Crippen LogP contribution in [0.3, 0.4) is 0 Å². The van der Waals surface area contributed by atoms with E-state index >= 15 is 0 Å². The van der Waals surface area contributed by atoms with Gasteiger partial charge in [-0.1, -0.05) is 133 Å². The van der Waals surface area contributed by atoms with Gasteiger partial charge >= 0.3 is 0 Å². The fourth-order valence-electron chi connectivity index (χ4n) is 7.62. The average molecular weight is 729 g/mol. The Hall–Kier alpha value is -7.69. The van der Waals surface area contributed by atoms with Crippen molar-refractivity contribution in [3.05, 3.63) is 219 Å². The van der Waals surface area contributed by atoms with Gasteiger partial charge in [-0.25, -0.2) is 0 Å². The van der Waals surface area contributed by atoms with Crippen LogP contribution in [-0.4, -0.2) is 20.0 Å². The van der Waals surface area contributed by atoms with Crippen molar-refractivity contribution in [1.82, 2.24) is 20.0 Å². The molecule has 0 fully saturated rings. The predicted octanol–water partition coefficient (Wildman–Crippen LogP) is 13.5. The van der Waals surface area contributed by atoms with Crippen molar-refractivity contribution in [2.45, 2.75) is 0 Å². The first kappa shape index (κ1) is 33.8. The molecule has 0 N–H and O–H groups in total. The van der Waals surface area contributed by atoms with E-state index in [0.29, 0.717) is 0 Å². The molecule has 0 aliphatic rings. The SMILES string of the molecule is c1ccc(-c2cc(-c3ccccc3)cc(-c3cc(-c4cc(-c5ccccc5)cc(-c5ccccc5)c4)c4nn(-c5ccc(-c6ccncc6)cc5)nc4c3)c2)cc1. The molecule has 10 aromatic rings. The summed E-state index contributed by atoms with van der Waals surface area (Å²) in [4.78, 5) is 5.95. The highest BCUT2D eigenvalue weighted by atomic mass is 15.5. The van der Waals surface area contributed by atoms with E-state index in [0.717, 1.165) is 83.5 Å². The normalized spacial score (nSPS) is 11.2. The van der Waals surface area contributed by atoms with Crippen LogP contribution in [0.15, 0.2) is 219 Å². The van der Waals surface area contributed by atoms with E-state index in [1.54, 1.807) is 4.80 Å². The molecule has 2 heterocycles.